The van der Waals surface area contributed by atoms with Crippen LogP contribution in [0.1, 0.15) is 34.1 Å². The van der Waals surface area contributed by atoms with Crippen LogP contribution in [0.3, 0.4) is 0 Å². The fraction of sp³-hybridized carbons (Fsp3) is 0.269. The zero-order valence-electron chi connectivity index (χ0n) is 18.6. The number of para-hydroxylation sites is 1. The van der Waals surface area contributed by atoms with Crippen LogP contribution in [0.2, 0.25) is 0 Å². The van der Waals surface area contributed by atoms with E-state index >= 15 is 0 Å². The summed E-state index contributed by atoms with van der Waals surface area (Å²) >= 11 is 2.92. The van der Waals surface area contributed by atoms with Gasteiger partial charge in [0.2, 0.25) is 6.79 Å². The maximum Gasteiger partial charge on any atom is 0.267 e. The molecule has 172 valence electrons. The molecule has 0 saturated heterocycles. The molecule has 0 spiro atoms. The van der Waals surface area contributed by atoms with Gasteiger partial charge >= 0.3 is 0 Å². The van der Waals surface area contributed by atoms with Crippen LogP contribution in [0.25, 0.3) is 15.9 Å². The zero-order chi connectivity index (χ0) is 23.2. The number of Topliss-reactive ketones (excluding diaryl/α,β-unsaturated/α-hetero) is 1. The first-order valence-electron chi connectivity index (χ1n) is 11.3. The minimum atomic E-state index is -0.0587. The number of thiophene rings is 1. The van der Waals surface area contributed by atoms with Gasteiger partial charge in [0, 0.05) is 10.4 Å². The van der Waals surface area contributed by atoms with Gasteiger partial charge in [-0.25, -0.2) is 4.98 Å². The summed E-state index contributed by atoms with van der Waals surface area (Å²) in [6.07, 6.45) is 2.99. The third-order valence-electron chi connectivity index (χ3n) is 6.34. The number of aromatic nitrogens is 2. The molecule has 0 bridgehead atoms. The third-order valence-corrected chi connectivity index (χ3v) is 8.43. The summed E-state index contributed by atoms with van der Waals surface area (Å²) in [7, 11) is 0. The molecule has 4 aromatic rings. The summed E-state index contributed by atoms with van der Waals surface area (Å²) in [5.41, 5.74) is 2.41. The molecule has 34 heavy (non-hydrogen) atoms. The van der Waals surface area contributed by atoms with Gasteiger partial charge in [-0.3, -0.25) is 14.2 Å². The van der Waals surface area contributed by atoms with Crippen molar-refractivity contribution in [1.82, 2.24) is 9.55 Å². The number of ether oxygens (including phenoxy) is 2. The van der Waals surface area contributed by atoms with Gasteiger partial charge in [-0.2, -0.15) is 0 Å². The van der Waals surface area contributed by atoms with Crippen molar-refractivity contribution in [2.24, 2.45) is 5.92 Å². The highest BCUT2D eigenvalue weighted by Gasteiger charge is 2.25. The summed E-state index contributed by atoms with van der Waals surface area (Å²) in [6, 6.07) is 14.7. The highest BCUT2D eigenvalue weighted by atomic mass is 32.2. The van der Waals surface area contributed by atoms with E-state index in [-0.39, 0.29) is 23.9 Å². The molecule has 2 aliphatic rings. The number of nitrogens with zero attached hydrogens (tertiary/aromatic N) is 2. The Morgan fingerprint density at radius 2 is 2.00 bits per heavy atom. The number of carbonyl (C=O) groups excluding carboxylic acids is 1. The van der Waals surface area contributed by atoms with Gasteiger partial charge in [0.1, 0.15) is 4.83 Å². The maximum absolute atomic E-state index is 13.8. The van der Waals surface area contributed by atoms with E-state index in [1.165, 1.54) is 16.6 Å². The van der Waals surface area contributed by atoms with Crippen molar-refractivity contribution in [1.29, 1.82) is 0 Å². The van der Waals surface area contributed by atoms with Crippen molar-refractivity contribution in [3.63, 3.8) is 0 Å². The lowest BCUT2D eigenvalue weighted by molar-refractivity contribution is 0.102. The number of hydrogen-bond donors (Lipinski definition) is 0. The summed E-state index contributed by atoms with van der Waals surface area (Å²) in [5, 5.41) is 1.27. The van der Waals surface area contributed by atoms with E-state index in [4.69, 9.17) is 14.5 Å². The Labute approximate surface area is 204 Å². The Kier molecular flexibility index (Phi) is 5.42. The monoisotopic (exact) mass is 490 g/mol. The lowest BCUT2D eigenvalue weighted by Crippen LogP contribution is -2.23. The lowest BCUT2D eigenvalue weighted by Gasteiger charge is -2.17. The van der Waals surface area contributed by atoms with Crippen LogP contribution in [0, 0.1) is 5.92 Å². The van der Waals surface area contributed by atoms with Crippen LogP contribution >= 0.6 is 23.1 Å². The van der Waals surface area contributed by atoms with E-state index < -0.39 is 0 Å². The smallest absolute Gasteiger partial charge is 0.267 e. The summed E-state index contributed by atoms with van der Waals surface area (Å²) in [5.74, 6) is 1.94. The van der Waals surface area contributed by atoms with Crippen molar-refractivity contribution >= 4 is 39.1 Å². The summed E-state index contributed by atoms with van der Waals surface area (Å²) in [6.45, 7) is 2.42. The van der Waals surface area contributed by atoms with Crippen LogP contribution in [0.4, 0.5) is 0 Å². The molecule has 0 radical (unpaired) electrons. The van der Waals surface area contributed by atoms with Crippen LogP contribution in [0.15, 0.2) is 58.5 Å². The van der Waals surface area contributed by atoms with E-state index in [0.29, 0.717) is 28.1 Å². The first-order valence-corrected chi connectivity index (χ1v) is 13.1. The van der Waals surface area contributed by atoms with Crippen molar-refractivity contribution in [2.45, 2.75) is 31.3 Å². The number of fused-ring (bicyclic) bond motifs is 4. The van der Waals surface area contributed by atoms with Crippen molar-refractivity contribution in [3.8, 4) is 17.2 Å². The second-order valence-electron chi connectivity index (χ2n) is 8.68. The Morgan fingerprint density at radius 3 is 2.85 bits per heavy atom. The molecule has 0 fully saturated rings. The minimum Gasteiger partial charge on any atom is -0.454 e. The van der Waals surface area contributed by atoms with Gasteiger partial charge in [0.25, 0.3) is 5.56 Å². The standard InChI is InChI=1S/C26H22N2O4S2/c1-15-7-9-18-22(11-15)34-24-23(18)25(30)28(17-5-3-2-4-6-17)26(27-24)33-13-19(29)16-8-10-20-21(12-16)32-14-31-20/h2-6,8,10,12,15H,7,9,11,13-14H2,1H3/t15-/m1/s1. The molecular formula is C26H22N2O4S2. The van der Waals surface area contributed by atoms with Gasteiger partial charge < -0.3 is 9.47 Å². The third kappa shape index (κ3) is 3.71. The molecule has 6 rings (SSSR count). The first kappa shape index (κ1) is 21.4. The lowest BCUT2D eigenvalue weighted by atomic mass is 9.89. The largest absolute Gasteiger partial charge is 0.454 e. The molecule has 3 heterocycles. The Bertz CT molecular complexity index is 1480. The van der Waals surface area contributed by atoms with Crippen LogP contribution in [-0.2, 0) is 12.8 Å². The molecule has 1 aliphatic heterocycles. The molecular weight excluding hydrogens is 468 g/mol. The highest BCUT2D eigenvalue weighted by molar-refractivity contribution is 7.99. The van der Waals surface area contributed by atoms with E-state index in [9.17, 15) is 9.59 Å². The van der Waals surface area contributed by atoms with Crippen LogP contribution in [0.5, 0.6) is 11.5 Å². The van der Waals surface area contributed by atoms with Crippen molar-refractivity contribution in [3.05, 3.63) is 74.9 Å². The Balaban J connectivity index is 1.39. The number of carbonyl (C=O) groups is 1. The number of aryl methyl sites for hydroxylation is 1. The van der Waals surface area contributed by atoms with E-state index in [0.717, 1.165) is 40.7 Å². The van der Waals surface area contributed by atoms with Gasteiger partial charge in [0.05, 0.1) is 16.8 Å². The van der Waals surface area contributed by atoms with Crippen molar-refractivity contribution in [2.75, 3.05) is 12.5 Å². The summed E-state index contributed by atoms with van der Waals surface area (Å²) in [4.78, 5) is 33.7. The Morgan fingerprint density at radius 1 is 1.18 bits per heavy atom. The molecule has 6 nitrogen and oxygen atoms in total. The van der Waals surface area contributed by atoms with Gasteiger partial charge in [0.15, 0.2) is 22.4 Å². The number of rotatable bonds is 5. The average molecular weight is 491 g/mol. The predicted molar refractivity (Wildman–Crippen MR) is 134 cm³/mol. The first-order chi connectivity index (χ1) is 16.6. The van der Waals surface area contributed by atoms with Crippen LogP contribution in [-0.4, -0.2) is 27.9 Å². The highest BCUT2D eigenvalue weighted by Crippen LogP contribution is 2.37. The van der Waals surface area contributed by atoms with Crippen LogP contribution < -0.4 is 15.0 Å². The number of benzene rings is 2. The molecule has 0 amide bonds. The average Bonchev–Trinajstić information content (AvgIpc) is 3.46. The normalized spacial score (nSPS) is 16.6. The quantitative estimate of drug-likeness (QED) is 0.215. The molecule has 8 heteroatoms. The molecule has 2 aromatic carbocycles. The maximum atomic E-state index is 13.8. The molecule has 0 N–H and O–H groups in total. The number of thioether (sulfide) groups is 1. The molecule has 1 aliphatic carbocycles. The fourth-order valence-corrected chi connectivity index (χ4v) is 6.89. The van der Waals surface area contributed by atoms with E-state index in [1.54, 1.807) is 34.1 Å². The summed E-state index contributed by atoms with van der Waals surface area (Å²) < 4.78 is 12.4. The predicted octanol–water partition coefficient (Wildman–Crippen LogP) is 5.28. The van der Waals surface area contributed by atoms with Gasteiger partial charge in [-0.15, -0.1) is 11.3 Å². The number of hydrogen-bond acceptors (Lipinski definition) is 7. The fourth-order valence-electron chi connectivity index (χ4n) is 4.56. The topological polar surface area (TPSA) is 70.4 Å². The van der Waals surface area contributed by atoms with E-state index in [1.807, 2.05) is 30.3 Å². The minimum absolute atomic E-state index is 0.0544. The molecule has 1 atom stereocenters. The molecule has 2 aromatic heterocycles. The van der Waals surface area contributed by atoms with Gasteiger partial charge in [-0.05, 0) is 61.1 Å². The second kappa shape index (κ2) is 8.60. The van der Waals surface area contributed by atoms with Gasteiger partial charge in [-0.1, -0.05) is 36.9 Å². The molecule has 0 saturated carbocycles. The van der Waals surface area contributed by atoms with Crippen molar-refractivity contribution < 1.29 is 14.3 Å². The SMILES string of the molecule is C[C@@H]1CCc2c(sc3nc(SCC(=O)c4ccc5c(c4)OCO5)n(-c4ccccc4)c(=O)c23)C1. The second-order valence-corrected chi connectivity index (χ2v) is 10.7. The number of ketones is 1. The Hall–Kier alpha value is -3.10. The molecule has 0 unspecified atom stereocenters. The zero-order valence-corrected chi connectivity index (χ0v) is 20.2. The van der Waals surface area contributed by atoms with E-state index in [2.05, 4.69) is 6.92 Å².